The van der Waals surface area contributed by atoms with E-state index >= 15 is 0 Å². The molecule has 0 rings (SSSR count). The third-order valence-corrected chi connectivity index (χ3v) is 9.32. The average Bonchev–Trinajstić information content (AvgIpc) is 3.02. The van der Waals surface area contributed by atoms with Gasteiger partial charge in [-0.3, -0.25) is 28.8 Å². The van der Waals surface area contributed by atoms with Crippen LogP contribution in [0.3, 0.4) is 0 Å². The summed E-state index contributed by atoms with van der Waals surface area (Å²) in [7, 11) is 3.11. The van der Waals surface area contributed by atoms with Crippen LogP contribution in [0.15, 0.2) is 0 Å². The van der Waals surface area contributed by atoms with Gasteiger partial charge in [0.25, 0.3) is 0 Å². The summed E-state index contributed by atoms with van der Waals surface area (Å²) in [5, 5.41) is 8.32. The second kappa shape index (κ2) is 21.4. The molecule has 0 radical (unpaired) electrons. The van der Waals surface area contributed by atoms with Crippen LogP contribution >= 0.6 is 0 Å². The van der Waals surface area contributed by atoms with Crippen molar-refractivity contribution in [2.24, 2.45) is 35.3 Å². The first-order chi connectivity index (χ1) is 22.3. The molecule has 274 valence electrons. The third kappa shape index (κ3) is 13.1. The summed E-state index contributed by atoms with van der Waals surface area (Å²) in [6.07, 6.45) is 9.38. The zero-order chi connectivity index (χ0) is 37.5. The van der Waals surface area contributed by atoms with Gasteiger partial charge in [0.15, 0.2) is 0 Å². The maximum atomic E-state index is 14.0. The molecule has 6 amide bonds. The van der Waals surface area contributed by atoms with E-state index in [9.17, 15) is 28.8 Å². The molecule has 12 heteroatoms. The van der Waals surface area contributed by atoms with Gasteiger partial charge >= 0.3 is 0 Å². The number of hydrogen-bond acceptors (Lipinski definition) is 6. The molecule has 0 saturated heterocycles. The Morgan fingerprint density at radius 3 is 1.62 bits per heavy atom. The molecule has 12 nitrogen and oxygen atoms in total. The van der Waals surface area contributed by atoms with E-state index in [-0.39, 0.29) is 35.5 Å². The minimum atomic E-state index is -1.00. The van der Waals surface area contributed by atoms with Gasteiger partial charge in [0, 0.05) is 26.4 Å². The Kier molecular flexibility index (Phi) is 19.8. The first-order valence-electron chi connectivity index (χ1n) is 17.5. The van der Waals surface area contributed by atoms with Gasteiger partial charge in [0.2, 0.25) is 35.4 Å². The average molecular weight is 677 g/mol. The predicted molar refractivity (Wildman–Crippen MR) is 189 cm³/mol. The fourth-order valence-electron chi connectivity index (χ4n) is 5.68. The highest BCUT2D eigenvalue weighted by Crippen LogP contribution is 2.20. The second-order valence-corrected chi connectivity index (χ2v) is 14.0. The number of carbonyl (C=O) groups is 6. The molecule has 0 heterocycles. The number of nitrogens with zero attached hydrogens (tertiary/aromatic N) is 2. The number of primary amides is 1. The molecule has 0 aliphatic rings. The molecule has 48 heavy (non-hydrogen) atoms. The molecule has 0 fully saturated rings. The van der Waals surface area contributed by atoms with Gasteiger partial charge < -0.3 is 31.5 Å². The molecule has 0 aliphatic carbocycles. The van der Waals surface area contributed by atoms with Crippen LogP contribution in [-0.2, 0) is 28.8 Å². The van der Waals surface area contributed by atoms with Gasteiger partial charge in [-0.1, -0.05) is 81.6 Å². The van der Waals surface area contributed by atoms with Crippen molar-refractivity contribution in [2.45, 2.75) is 138 Å². The molecular weight excluding hydrogens is 612 g/mol. The van der Waals surface area contributed by atoms with Crippen molar-refractivity contribution < 1.29 is 28.8 Å². The molecule has 0 bridgehead atoms. The minimum Gasteiger partial charge on any atom is -0.368 e. The first-order valence-corrected chi connectivity index (χ1v) is 17.5. The Morgan fingerprint density at radius 1 is 0.667 bits per heavy atom. The highest BCUT2D eigenvalue weighted by atomic mass is 16.2. The molecule has 5 N–H and O–H groups in total. The molecule has 0 aromatic carbocycles. The summed E-state index contributed by atoms with van der Waals surface area (Å²) in [6, 6.07) is -4.68. The number of unbranched alkanes of at least 4 members (excludes halogenated alkanes) is 2. The molecule has 0 aromatic heterocycles. The van der Waals surface area contributed by atoms with Gasteiger partial charge in [-0.05, 0) is 43.4 Å². The number of rotatable bonds is 21. The lowest BCUT2D eigenvalue weighted by atomic mass is 9.92. The van der Waals surface area contributed by atoms with Crippen LogP contribution in [0.5, 0.6) is 0 Å². The van der Waals surface area contributed by atoms with Crippen LogP contribution in [-0.4, -0.2) is 89.5 Å². The van der Waals surface area contributed by atoms with Crippen LogP contribution < -0.4 is 21.7 Å². The summed E-state index contributed by atoms with van der Waals surface area (Å²) in [6.45, 7) is 18.0. The predicted octanol–water partition coefficient (Wildman–Crippen LogP) is 2.83. The highest BCUT2D eigenvalue weighted by molar-refractivity contribution is 5.96. The molecule has 0 spiro atoms. The van der Waals surface area contributed by atoms with E-state index in [0.717, 1.165) is 12.8 Å². The zero-order valence-corrected chi connectivity index (χ0v) is 31.5. The van der Waals surface area contributed by atoms with Gasteiger partial charge in [-0.25, -0.2) is 0 Å². The standard InChI is InChI=1S/C36H64N6O6/c1-14-17-18-19-20-25(10)35(47)41(12)29(22(6)7)33(45)39-27(21(4)5)32(44)40-28(23(8)15-2)36(48)42(13)30(24(9)16-3)34(46)38-26(11)31(37)43/h1,21-30H,15-20H2,2-13H3,(H2,37,43)(H,38,46)(H,39,45)(H,40,44). The SMILES string of the molecule is C#CCCCCC(C)C(=O)N(C)C(C(=O)NC(C(=O)NC(C(=O)N(C)C(C(=O)NC(C)C(N)=O)C(C)CC)C(C)CC)C(C)C)C(C)C. The topological polar surface area (TPSA) is 171 Å². The smallest absolute Gasteiger partial charge is 0.245 e. The third-order valence-electron chi connectivity index (χ3n) is 9.32. The van der Waals surface area contributed by atoms with Crippen molar-refractivity contribution >= 4 is 35.4 Å². The van der Waals surface area contributed by atoms with Crippen molar-refractivity contribution in [1.29, 1.82) is 0 Å². The van der Waals surface area contributed by atoms with Crippen LogP contribution in [0, 0.1) is 41.9 Å². The second-order valence-electron chi connectivity index (χ2n) is 14.0. The molecular formula is C36H64N6O6. The van der Waals surface area contributed by atoms with Crippen LogP contribution in [0.1, 0.15) is 108 Å². The van der Waals surface area contributed by atoms with Crippen molar-refractivity contribution in [3.05, 3.63) is 0 Å². The number of amides is 6. The fraction of sp³-hybridized carbons (Fsp3) is 0.778. The largest absolute Gasteiger partial charge is 0.368 e. The first kappa shape index (κ1) is 44.4. The fourth-order valence-corrected chi connectivity index (χ4v) is 5.68. The Hall–Kier alpha value is -3.62. The van der Waals surface area contributed by atoms with Gasteiger partial charge in [-0.15, -0.1) is 12.3 Å². The van der Waals surface area contributed by atoms with E-state index in [2.05, 4.69) is 21.9 Å². The van der Waals surface area contributed by atoms with Crippen LogP contribution in [0.25, 0.3) is 0 Å². The zero-order valence-electron chi connectivity index (χ0n) is 31.5. The lowest BCUT2D eigenvalue weighted by molar-refractivity contribution is -0.146. The molecule has 0 aromatic rings. The van der Waals surface area contributed by atoms with E-state index in [4.69, 9.17) is 12.2 Å². The summed E-state index contributed by atoms with van der Waals surface area (Å²) in [5.41, 5.74) is 5.35. The molecule has 8 unspecified atom stereocenters. The Morgan fingerprint density at radius 2 is 1.17 bits per heavy atom. The Labute approximate surface area is 289 Å². The summed E-state index contributed by atoms with van der Waals surface area (Å²) < 4.78 is 0. The maximum Gasteiger partial charge on any atom is 0.245 e. The van der Waals surface area contributed by atoms with E-state index in [0.29, 0.717) is 25.7 Å². The normalized spacial score (nSPS) is 16.3. The number of hydrogen-bond donors (Lipinski definition) is 4. The lowest BCUT2D eigenvalue weighted by Gasteiger charge is -2.37. The van der Waals surface area contributed by atoms with Gasteiger partial charge in [0.05, 0.1) is 0 Å². The van der Waals surface area contributed by atoms with E-state index < -0.39 is 59.7 Å². The number of nitrogens with two attached hydrogens (primary N) is 1. The lowest BCUT2D eigenvalue weighted by Crippen LogP contribution is -2.62. The molecule has 0 saturated carbocycles. The minimum absolute atomic E-state index is 0.161. The van der Waals surface area contributed by atoms with Crippen LogP contribution in [0.4, 0.5) is 0 Å². The van der Waals surface area contributed by atoms with Crippen molar-refractivity contribution in [3.63, 3.8) is 0 Å². The Balaban J connectivity index is 6.17. The summed E-state index contributed by atoms with van der Waals surface area (Å²) in [5.74, 6) is -1.74. The number of nitrogens with one attached hydrogen (secondary N) is 3. The van der Waals surface area contributed by atoms with Gasteiger partial charge in [-0.2, -0.15) is 0 Å². The summed E-state index contributed by atoms with van der Waals surface area (Å²) >= 11 is 0. The highest BCUT2D eigenvalue weighted by Gasteiger charge is 2.40. The number of terminal acetylenes is 1. The van der Waals surface area contributed by atoms with Crippen molar-refractivity contribution in [3.8, 4) is 12.3 Å². The van der Waals surface area contributed by atoms with E-state index in [1.807, 2.05) is 48.5 Å². The van der Waals surface area contributed by atoms with Gasteiger partial charge in [0.1, 0.15) is 30.2 Å². The quantitative estimate of drug-likeness (QED) is 0.108. The monoisotopic (exact) mass is 676 g/mol. The number of carbonyl (C=O) groups excluding carboxylic acids is 6. The van der Waals surface area contributed by atoms with Crippen LogP contribution in [0.2, 0.25) is 0 Å². The van der Waals surface area contributed by atoms with Crippen molar-refractivity contribution in [1.82, 2.24) is 25.8 Å². The van der Waals surface area contributed by atoms with E-state index in [1.54, 1.807) is 20.9 Å². The Bertz CT molecular complexity index is 1130. The molecule has 0 aliphatic heterocycles. The summed E-state index contributed by atoms with van der Waals surface area (Å²) in [4.78, 5) is 82.6. The molecule has 8 atom stereocenters. The maximum absolute atomic E-state index is 14.0. The number of likely N-dealkylation sites (N-methyl/N-ethyl adjacent to an activating group) is 2. The van der Waals surface area contributed by atoms with E-state index in [1.165, 1.54) is 23.8 Å². The van der Waals surface area contributed by atoms with Crippen molar-refractivity contribution in [2.75, 3.05) is 14.1 Å².